The fourth-order valence-electron chi connectivity index (χ4n) is 2.57. The van der Waals surface area contributed by atoms with Crippen molar-refractivity contribution in [2.75, 3.05) is 51.5 Å². The Balaban J connectivity index is 3.42. The summed E-state index contributed by atoms with van der Waals surface area (Å²) >= 11 is 6.33. The molecule has 9 nitrogen and oxygen atoms in total. The highest BCUT2D eigenvalue weighted by atomic mass is 32.5. The van der Waals surface area contributed by atoms with Gasteiger partial charge in [0.05, 0.1) is 13.2 Å². The van der Waals surface area contributed by atoms with Gasteiger partial charge in [-0.15, -0.1) is 0 Å². The Kier molecular flexibility index (Phi) is 20.2. The number of thioether (sulfide) groups is 1. The minimum Gasteiger partial charge on any atom is -0.801 e. The van der Waals surface area contributed by atoms with E-state index < -0.39 is 12.6 Å². The largest absolute Gasteiger partial charge is 0.801 e. The van der Waals surface area contributed by atoms with Crippen molar-refractivity contribution in [3.63, 3.8) is 0 Å². The molecule has 0 heterocycles. The molecular formula is C20H39N3O6PS2-. The maximum absolute atomic E-state index is 11.8. The van der Waals surface area contributed by atoms with Crippen LogP contribution >= 0.6 is 18.3 Å². The fraction of sp³-hybridized carbons (Fsp3) is 0.850. The van der Waals surface area contributed by atoms with Crippen LogP contribution in [0.1, 0.15) is 57.8 Å². The molecule has 0 fully saturated rings. The first-order chi connectivity index (χ1) is 15.2. The van der Waals surface area contributed by atoms with Gasteiger partial charge in [0.15, 0.2) is 0 Å². The zero-order chi connectivity index (χ0) is 24.1. The topological polar surface area (TPSA) is 129 Å². The zero-order valence-electron chi connectivity index (χ0n) is 19.3. The molecule has 0 aromatic heterocycles. The van der Waals surface area contributed by atoms with Crippen molar-refractivity contribution in [2.45, 2.75) is 57.8 Å². The summed E-state index contributed by atoms with van der Waals surface area (Å²) in [6.45, 7) is 0.566. The molecule has 0 rings (SSSR count). The van der Waals surface area contributed by atoms with Gasteiger partial charge in [-0.25, -0.2) is 4.79 Å². The van der Waals surface area contributed by atoms with Gasteiger partial charge in [-0.3, -0.25) is 9.59 Å². The number of alkyl carbamates (subject to hydrolysis) is 1. The number of unbranched alkanes of at least 4 members (excludes halogenated alkanes) is 5. The van der Waals surface area contributed by atoms with Crippen LogP contribution in [0.25, 0.3) is 0 Å². The first kappa shape index (κ1) is 31.1. The fourth-order valence-corrected chi connectivity index (χ4v) is 3.65. The Morgan fingerprint density at radius 2 is 1.44 bits per heavy atom. The van der Waals surface area contributed by atoms with Crippen molar-refractivity contribution < 1.29 is 28.5 Å². The lowest BCUT2D eigenvalue weighted by Crippen LogP contribution is -2.31. The van der Waals surface area contributed by atoms with Crippen molar-refractivity contribution in [1.82, 2.24) is 16.0 Å². The number of nitrogens with one attached hydrogen (secondary N) is 3. The van der Waals surface area contributed by atoms with Crippen LogP contribution in [-0.2, 0) is 30.7 Å². The summed E-state index contributed by atoms with van der Waals surface area (Å²) in [5.74, 6) is 0.831. The molecule has 3 N–H and O–H groups in total. The summed E-state index contributed by atoms with van der Waals surface area (Å²) in [4.78, 5) is 46.0. The summed E-state index contributed by atoms with van der Waals surface area (Å²) in [5.41, 5.74) is 0. The van der Waals surface area contributed by atoms with Crippen LogP contribution < -0.4 is 20.8 Å². The van der Waals surface area contributed by atoms with Crippen molar-refractivity contribution >= 4 is 48.0 Å². The Labute approximate surface area is 201 Å². The van der Waals surface area contributed by atoms with Crippen LogP contribution in [0.15, 0.2) is 0 Å². The predicted molar refractivity (Wildman–Crippen MR) is 131 cm³/mol. The molecule has 0 saturated carbocycles. The van der Waals surface area contributed by atoms with Gasteiger partial charge in [-0.05, 0) is 45.1 Å². The third-order valence-corrected chi connectivity index (χ3v) is 5.84. The van der Waals surface area contributed by atoms with E-state index in [1.54, 1.807) is 11.8 Å². The van der Waals surface area contributed by atoms with Crippen LogP contribution in [0, 0.1) is 0 Å². The number of amides is 3. The van der Waals surface area contributed by atoms with Crippen LogP contribution in [0.3, 0.4) is 0 Å². The van der Waals surface area contributed by atoms with Crippen molar-refractivity contribution in [3.8, 4) is 0 Å². The number of hydrogen-bond acceptors (Lipinski definition) is 8. The van der Waals surface area contributed by atoms with E-state index in [1.165, 1.54) is 6.66 Å². The number of rotatable bonds is 20. The lowest BCUT2D eigenvalue weighted by atomic mass is 10.2. The van der Waals surface area contributed by atoms with E-state index in [0.717, 1.165) is 50.7 Å². The normalized spacial score (nSPS) is 12.6. The van der Waals surface area contributed by atoms with Gasteiger partial charge >= 0.3 is 6.09 Å². The highest BCUT2D eigenvalue weighted by Gasteiger charge is 2.04. The van der Waals surface area contributed by atoms with Crippen LogP contribution in [0.4, 0.5) is 4.79 Å². The minimum atomic E-state index is -2.81. The van der Waals surface area contributed by atoms with Gasteiger partial charge in [0.1, 0.15) is 6.61 Å². The molecule has 1 unspecified atom stereocenters. The van der Waals surface area contributed by atoms with Gasteiger partial charge in [-0.2, -0.15) is 11.8 Å². The second kappa shape index (κ2) is 20.7. The lowest BCUT2D eigenvalue weighted by molar-refractivity contribution is -0.180. The maximum Gasteiger partial charge on any atom is 0.407 e. The Morgan fingerprint density at radius 1 is 0.844 bits per heavy atom. The maximum atomic E-state index is 11.8. The Morgan fingerprint density at radius 3 is 2.12 bits per heavy atom. The molecule has 0 aliphatic carbocycles. The molecule has 3 amide bonds. The Bertz CT molecular complexity index is 578. The highest BCUT2D eigenvalue weighted by Crippen LogP contribution is 2.31. The van der Waals surface area contributed by atoms with Crippen molar-refractivity contribution in [1.29, 1.82) is 0 Å². The number of hydrogen-bond donors (Lipinski definition) is 3. The van der Waals surface area contributed by atoms with Gasteiger partial charge < -0.3 is 30.1 Å². The average Bonchev–Trinajstić information content (AvgIpc) is 2.73. The minimum absolute atomic E-state index is 0.0718. The molecule has 1 atom stereocenters. The standard InChI is InChI=1S/C20H40N3O6PS2/c1-30(27,31)29-15-9-4-3-7-13-23-20(26)28-16-14-22-18(24)10-6-5-8-12-21-19(25)11-17-32-2/h3-17H2,1-2H3,(H,21,25)(H,22,24)(H,23,26)(H,27,31)/p-1. The third-order valence-electron chi connectivity index (χ3n) is 4.26. The molecule has 0 aliphatic heterocycles. The molecule has 0 radical (unpaired) electrons. The van der Waals surface area contributed by atoms with E-state index in [9.17, 15) is 19.3 Å². The van der Waals surface area contributed by atoms with Crippen LogP contribution in [0.5, 0.6) is 0 Å². The molecule has 188 valence electrons. The molecule has 0 saturated heterocycles. The highest BCUT2D eigenvalue weighted by molar-refractivity contribution is 8.08. The quantitative estimate of drug-likeness (QED) is 0.167. The molecule has 12 heteroatoms. The number of ether oxygens (including phenoxy) is 1. The van der Waals surface area contributed by atoms with Gasteiger partial charge in [0.2, 0.25) is 11.8 Å². The van der Waals surface area contributed by atoms with Crippen LogP contribution in [0.2, 0.25) is 0 Å². The van der Waals surface area contributed by atoms with Gasteiger partial charge in [0.25, 0.3) is 0 Å². The number of carbonyl (C=O) groups excluding carboxylic acids is 3. The Hall–Kier alpha value is -0.870. The molecule has 0 aromatic rings. The third kappa shape index (κ3) is 23.8. The van der Waals surface area contributed by atoms with Gasteiger partial charge in [-0.1, -0.05) is 31.1 Å². The molecule has 0 aliphatic rings. The van der Waals surface area contributed by atoms with Gasteiger partial charge in [0, 0.05) is 31.7 Å². The monoisotopic (exact) mass is 512 g/mol. The summed E-state index contributed by atoms with van der Waals surface area (Å²) in [6.07, 6.45) is 8.32. The second-order valence-electron chi connectivity index (χ2n) is 7.33. The van der Waals surface area contributed by atoms with E-state index in [-0.39, 0.29) is 25.0 Å². The van der Waals surface area contributed by atoms with Crippen molar-refractivity contribution in [3.05, 3.63) is 0 Å². The SMILES string of the molecule is CSCCC(=O)NCCCCCC(=O)NCCOC(=O)NCCCCCCOP(C)([O-])=S. The zero-order valence-corrected chi connectivity index (χ0v) is 21.8. The van der Waals surface area contributed by atoms with Crippen LogP contribution in [-0.4, -0.2) is 69.4 Å². The van der Waals surface area contributed by atoms with E-state index in [2.05, 4.69) is 27.8 Å². The molecule has 0 aromatic carbocycles. The predicted octanol–water partition coefficient (Wildman–Crippen LogP) is 2.14. The smallest absolute Gasteiger partial charge is 0.407 e. The van der Waals surface area contributed by atoms with E-state index in [0.29, 0.717) is 32.5 Å². The molecule has 0 bridgehead atoms. The lowest BCUT2D eigenvalue weighted by Gasteiger charge is -2.22. The summed E-state index contributed by atoms with van der Waals surface area (Å²) in [7, 11) is 0. The van der Waals surface area contributed by atoms with E-state index >= 15 is 0 Å². The summed E-state index contributed by atoms with van der Waals surface area (Å²) in [6, 6.07) is 0. The first-order valence-electron chi connectivity index (χ1n) is 11.1. The van der Waals surface area contributed by atoms with E-state index in [1.807, 2.05) is 6.26 Å². The van der Waals surface area contributed by atoms with Crippen molar-refractivity contribution in [2.24, 2.45) is 0 Å². The molecule has 32 heavy (non-hydrogen) atoms. The molecular weight excluding hydrogens is 473 g/mol. The molecule has 0 spiro atoms. The van der Waals surface area contributed by atoms with E-state index in [4.69, 9.17) is 9.26 Å². The first-order valence-corrected chi connectivity index (χ1v) is 15.6. The summed E-state index contributed by atoms with van der Waals surface area (Å²) < 4.78 is 10.1. The number of carbonyl (C=O) groups is 3. The second-order valence-corrected chi connectivity index (χ2v) is 12.1. The average molecular weight is 513 g/mol. The summed E-state index contributed by atoms with van der Waals surface area (Å²) in [5, 5.41) is 8.25.